The number of hydrogen-bond acceptors (Lipinski definition) is 3. The van der Waals surface area contributed by atoms with Crippen molar-refractivity contribution in [2.75, 3.05) is 12.4 Å². The van der Waals surface area contributed by atoms with E-state index in [1.807, 2.05) is 22.6 Å². The number of amides is 1. The molecule has 15 heavy (non-hydrogen) atoms. The smallest absolute Gasteiger partial charge is 0.254 e. The van der Waals surface area contributed by atoms with Crippen molar-refractivity contribution in [2.24, 2.45) is 0 Å². The second-order valence-electron chi connectivity index (χ2n) is 2.85. The Bertz CT molecular complexity index is 373. The molecule has 0 radical (unpaired) electrons. The molecule has 0 aliphatic rings. The first kappa shape index (κ1) is 12.3. The lowest BCUT2D eigenvalue weighted by atomic mass is 10.3. The Labute approximate surface area is 100 Å². The van der Waals surface area contributed by atoms with Crippen molar-refractivity contribution in [2.45, 2.75) is 13.0 Å². The van der Waals surface area contributed by atoms with E-state index < -0.39 is 11.9 Å². The van der Waals surface area contributed by atoms with Crippen molar-refractivity contribution < 1.29 is 13.9 Å². The number of nitrogens with one attached hydrogen (secondary N) is 1. The third-order valence-electron chi connectivity index (χ3n) is 1.77. The summed E-state index contributed by atoms with van der Waals surface area (Å²) in [6.45, 7) is 1.62. The summed E-state index contributed by atoms with van der Waals surface area (Å²) in [6, 6.07) is 1.29. The Hall–Kier alpha value is -0.760. The summed E-state index contributed by atoms with van der Waals surface area (Å²) in [5.74, 6) is -0.405. The normalized spacial score (nSPS) is 12.3. The molecule has 4 nitrogen and oxygen atoms in total. The van der Waals surface area contributed by atoms with Crippen LogP contribution in [-0.2, 0) is 9.53 Å². The largest absolute Gasteiger partial charge is 0.372 e. The minimum absolute atomic E-state index is 0.311. The highest BCUT2D eigenvalue weighted by atomic mass is 127. The minimum Gasteiger partial charge on any atom is -0.372 e. The van der Waals surface area contributed by atoms with Crippen LogP contribution in [0.5, 0.6) is 0 Å². The second-order valence-corrected chi connectivity index (χ2v) is 4.01. The molecule has 0 aliphatic carbocycles. The van der Waals surface area contributed by atoms with Crippen molar-refractivity contribution in [1.82, 2.24) is 4.98 Å². The van der Waals surface area contributed by atoms with Crippen LogP contribution in [0.2, 0.25) is 0 Å². The summed E-state index contributed by atoms with van der Waals surface area (Å²) in [5, 5.41) is 2.54. The molecule has 1 aromatic rings. The van der Waals surface area contributed by atoms with Crippen LogP contribution in [0, 0.1) is 9.39 Å². The maximum atomic E-state index is 12.7. The summed E-state index contributed by atoms with van der Waals surface area (Å²) in [7, 11) is 1.44. The molecule has 1 N–H and O–H groups in total. The standard InChI is InChI=1S/C9H10FIN2O2/c1-5(15-2)9(14)13-8-7(11)3-6(10)4-12-8/h3-5H,1-2H3,(H,12,13,14)/t5-/m1/s1. The first-order chi connectivity index (χ1) is 7.04. The topological polar surface area (TPSA) is 51.2 Å². The molecule has 1 atom stereocenters. The van der Waals surface area contributed by atoms with Crippen LogP contribution in [0.1, 0.15) is 6.92 Å². The highest BCUT2D eigenvalue weighted by molar-refractivity contribution is 14.1. The van der Waals surface area contributed by atoms with E-state index in [1.165, 1.54) is 13.2 Å². The Balaban J connectivity index is 2.77. The fourth-order valence-electron chi connectivity index (χ4n) is 0.832. The van der Waals surface area contributed by atoms with Crippen LogP contribution < -0.4 is 5.32 Å². The fraction of sp³-hybridized carbons (Fsp3) is 0.333. The summed E-state index contributed by atoms with van der Waals surface area (Å²) >= 11 is 1.90. The number of pyridine rings is 1. The summed E-state index contributed by atoms with van der Waals surface area (Å²) < 4.78 is 18.1. The van der Waals surface area contributed by atoms with Crippen molar-refractivity contribution in [3.8, 4) is 0 Å². The third kappa shape index (κ3) is 3.38. The molecule has 1 rings (SSSR count). The summed E-state index contributed by atoms with van der Waals surface area (Å²) in [6.07, 6.45) is 0.488. The van der Waals surface area contributed by atoms with E-state index in [0.29, 0.717) is 9.39 Å². The van der Waals surface area contributed by atoms with Crippen molar-refractivity contribution in [3.05, 3.63) is 21.7 Å². The van der Waals surface area contributed by atoms with Gasteiger partial charge in [0, 0.05) is 7.11 Å². The van der Waals surface area contributed by atoms with E-state index in [2.05, 4.69) is 10.3 Å². The second kappa shape index (κ2) is 5.36. The third-order valence-corrected chi connectivity index (χ3v) is 2.59. The Morgan fingerprint density at radius 2 is 2.40 bits per heavy atom. The van der Waals surface area contributed by atoms with Gasteiger partial charge >= 0.3 is 0 Å². The molecule has 6 heteroatoms. The van der Waals surface area contributed by atoms with Crippen LogP contribution in [0.25, 0.3) is 0 Å². The van der Waals surface area contributed by atoms with E-state index in [0.717, 1.165) is 6.20 Å². The SMILES string of the molecule is CO[C@H](C)C(=O)Nc1ncc(F)cc1I. The number of ether oxygens (including phenoxy) is 1. The molecular formula is C9H10FIN2O2. The first-order valence-electron chi connectivity index (χ1n) is 4.19. The first-order valence-corrected chi connectivity index (χ1v) is 5.27. The van der Waals surface area contributed by atoms with Gasteiger partial charge < -0.3 is 10.1 Å². The molecule has 1 amide bonds. The van der Waals surface area contributed by atoms with E-state index in [-0.39, 0.29) is 5.91 Å². The molecule has 0 saturated carbocycles. The summed E-state index contributed by atoms with van der Waals surface area (Å²) in [5.41, 5.74) is 0. The monoisotopic (exact) mass is 324 g/mol. The number of aromatic nitrogens is 1. The summed E-state index contributed by atoms with van der Waals surface area (Å²) in [4.78, 5) is 15.2. The molecule has 0 aliphatic heterocycles. The van der Waals surface area contributed by atoms with Gasteiger partial charge in [0.05, 0.1) is 9.77 Å². The molecule has 0 bridgehead atoms. The number of halogens is 2. The van der Waals surface area contributed by atoms with Crippen molar-refractivity contribution in [3.63, 3.8) is 0 Å². The zero-order chi connectivity index (χ0) is 11.4. The van der Waals surface area contributed by atoms with Gasteiger partial charge in [0.25, 0.3) is 5.91 Å². The van der Waals surface area contributed by atoms with Crippen LogP contribution >= 0.6 is 22.6 Å². The van der Waals surface area contributed by atoms with Crippen molar-refractivity contribution >= 4 is 34.3 Å². The minimum atomic E-state index is -0.562. The molecule has 0 saturated heterocycles. The highest BCUT2D eigenvalue weighted by Gasteiger charge is 2.13. The van der Waals surface area contributed by atoms with Gasteiger partial charge in [-0.25, -0.2) is 9.37 Å². The number of hydrogen-bond donors (Lipinski definition) is 1. The Kier molecular flexibility index (Phi) is 4.40. The fourth-order valence-corrected chi connectivity index (χ4v) is 1.40. The number of carbonyl (C=O) groups excluding carboxylic acids is 1. The van der Waals surface area contributed by atoms with Gasteiger partial charge in [-0.15, -0.1) is 0 Å². The van der Waals surface area contributed by atoms with Gasteiger partial charge in [-0.05, 0) is 35.6 Å². The predicted octanol–water partition coefficient (Wildman–Crippen LogP) is 1.80. The lowest BCUT2D eigenvalue weighted by molar-refractivity contribution is -0.124. The van der Waals surface area contributed by atoms with Gasteiger partial charge in [0.15, 0.2) is 0 Å². The number of anilines is 1. The van der Waals surface area contributed by atoms with Crippen LogP contribution in [0.15, 0.2) is 12.3 Å². The van der Waals surface area contributed by atoms with Crippen LogP contribution in [0.4, 0.5) is 10.2 Å². The molecule has 1 aromatic heterocycles. The van der Waals surface area contributed by atoms with Crippen LogP contribution in [-0.4, -0.2) is 24.1 Å². The molecule has 0 unspecified atom stereocenters. The number of carbonyl (C=O) groups is 1. The maximum absolute atomic E-state index is 12.7. The Morgan fingerprint density at radius 1 is 1.73 bits per heavy atom. The zero-order valence-electron chi connectivity index (χ0n) is 8.25. The van der Waals surface area contributed by atoms with Gasteiger partial charge in [-0.3, -0.25) is 4.79 Å². The van der Waals surface area contributed by atoms with Gasteiger partial charge in [0.2, 0.25) is 0 Å². The average molecular weight is 324 g/mol. The lowest BCUT2D eigenvalue weighted by Crippen LogP contribution is -2.27. The molecule has 0 aromatic carbocycles. The van der Waals surface area contributed by atoms with Gasteiger partial charge in [0.1, 0.15) is 17.7 Å². The maximum Gasteiger partial charge on any atom is 0.254 e. The Morgan fingerprint density at radius 3 is 2.93 bits per heavy atom. The van der Waals surface area contributed by atoms with Crippen LogP contribution in [0.3, 0.4) is 0 Å². The molecule has 1 heterocycles. The lowest BCUT2D eigenvalue weighted by Gasteiger charge is -2.10. The zero-order valence-corrected chi connectivity index (χ0v) is 10.4. The molecule has 82 valence electrons. The van der Waals surface area contributed by atoms with E-state index in [1.54, 1.807) is 6.92 Å². The quantitative estimate of drug-likeness (QED) is 0.863. The number of nitrogens with zero attached hydrogens (tertiary/aromatic N) is 1. The van der Waals surface area contributed by atoms with Gasteiger partial charge in [-0.2, -0.15) is 0 Å². The molecule has 0 fully saturated rings. The molecule has 0 spiro atoms. The van der Waals surface area contributed by atoms with Crippen molar-refractivity contribution in [1.29, 1.82) is 0 Å². The molecular weight excluding hydrogens is 314 g/mol. The van der Waals surface area contributed by atoms with E-state index in [9.17, 15) is 9.18 Å². The van der Waals surface area contributed by atoms with E-state index in [4.69, 9.17) is 4.74 Å². The van der Waals surface area contributed by atoms with Gasteiger partial charge in [-0.1, -0.05) is 0 Å². The highest BCUT2D eigenvalue weighted by Crippen LogP contribution is 2.16. The number of methoxy groups -OCH3 is 1. The van der Waals surface area contributed by atoms with E-state index >= 15 is 0 Å². The average Bonchev–Trinajstić information content (AvgIpc) is 2.20. The number of rotatable bonds is 3. The predicted molar refractivity (Wildman–Crippen MR) is 62.0 cm³/mol.